The van der Waals surface area contributed by atoms with Gasteiger partial charge in [-0.05, 0) is 17.7 Å². The molecule has 0 bridgehead atoms. The first-order chi connectivity index (χ1) is 11.8. The molecule has 0 atom stereocenters. The third-order valence-corrected chi connectivity index (χ3v) is 5.35. The number of rotatable bonds is 7. The lowest BCUT2D eigenvalue weighted by molar-refractivity contribution is -0.901. The Balaban J connectivity index is 1.40. The van der Waals surface area contributed by atoms with Gasteiger partial charge in [0.1, 0.15) is 6.54 Å². The van der Waals surface area contributed by atoms with E-state index in [9.17, 15) is 4.79 Å². The maximum atomic E-state index is 12.0. The highest BCUT2D eigenvalue weighted by Gasteiger charge is 2.15. The predicted octanol–water partition coefficient (Wildman–Crippen LogP) is 2.74. The maximum absolute atomic E-state index is 12.0. The van der Waals surface area contributed by atoms with E-state index in [0.29, 0.717) is 5.75 Å². The molecule has 0 spiro atoms. The van der Waals surface area contributed by atoms with Gasteiger partial charge >= 0.3 is 0 Å². The van der Waals surface area contributed by atoms with Gasteiger partial charge in [0.25, 0.3) is 0 Å². The summed E-state index contributed by atoms with van der Waals surface area (Å²) in [6, 6.07) is 18.6. The second-order valence-electron chi connectivity index (χ2n) is 6.36. The van der Waals surface area contributed by atoms with Crippen molar-refractivity contribution in [1.82, 2.24) is 0 Å². The fourth-order valence-corrected chi connectivity index (χ4v) is 3.87. The summed E-state index contributed by atoms with van der Waals surface area (Å²) in [7, 11) is 0. The molecule has 3 rings (SSSR count). The number of nitrogens with one attached hydrogen (secondary N) is 2. The van der Waals surface area contributed by atoms with Crippen LogP contribution in [-0.4, -0.2) is 24.7 Å². The first-order valence-corrected chi connectivity index (χ1v) is 9.79. The minimum atomic E-state index is 0.0637. The second kappa shape index (κ2) is 8.90. The number of hydrogen-bond acceptors (Lipinski definition) is 2. The largest absolute Gasteiger partial charge is 0.331 e. The minimum Gasteiger partial charge on any atom is -0.331 e. The predicted molar refractivity (Wildman–Crippen MR) is 101 cm³/mol. The SMILES string of the molecule is O=C(CSCc1ccccc1)Nc1ccc(C[NH+]2CCCC2)cc1. The van der Waals surface area contributed by atoms with Gasteiger partial charge in [-0.15, -0.1) is 11.8 Å². The van der Waals surface area contributed by atoms with E-state index in [0.717, 1.165) is 18.0 Å². The summed E-state index contributed by atoms with van der Waals surface area (Å²) in [5.74, 6) is 1.41. The molecule has 1 aliphatic rings. The third kappa shape index (κ3) is 5.39. The Bertz CT molecular complexity index is 636. The van der Waals surface area contributed by atoms with Crippen molar-refractivity contribution in [3.8, 4) is 0 Å². The van der Waals surface area contributed by atoms with Crippen molar-refractivity contribution in [2.75, 3.05) is 24.2 Å². The van der Waals surface area contributed by atoms with Crippen LogP contribution in [0.2, 0.25) is 0 Å². The molecule has 2 N–H and O–H groups in total. The molecule has 1 fully saturated rings. The van der Waals surface area contributed by atoms with Crippen molar-refractivity contribution in [3.63, 3.8) is 0 Å². The number of hydrogen-bond donors (Lipinski definition) is 2. The molecule has 24 heavy (non-hydrogen) atoms. The molecule has 1 saturated heterocycles. The average molecular weight is 342 g/mol. The summed E-state index contributed by atoms with van der Waals surface area (Å²) in [5, 5.41) is 2.98. The van der Waals surface area contributed by atoms with Gasteiger partial charge in [-0.3, -0.25) is 4.79 Å². The van der Waals surface area contributed by atoms with Gasteiger partial charge in [-0.25, -0.2) is 0 Å². The van der Waals surface area contributed by atoms with E-state index < -0.39 is 0 Å². The molecule has 0 unspecified atom stereocenters. The molecule has 0 aliphatic carbocycles. The van der Waals surface area contributed by atoms with E-state index in [2.05, 4.69) is 29.6 Å². The molecule has 126 valence electrons. The summed E-state index contributed by atoms with van der Waals surface area (Å²) < 4.78 is 0. The number of carbonyl (C=O) groups excluding carboxylic acids is 1. The van der Waals surface area contributed by atoms with Gasteiger partial charge in [-0.2, -0.15) is 0 Å². The Morgan fingerprint density at radius 3 is 2.38 bits per heavy atom. The maximum Gasteiger partial charge on any atom is 0.234 e. The monoisotopic (exact) mass is 341 g/mol. The van der Waals surface area contributed by atoms with Crippen molar-refractivity contribution in [2.45, 2.75) is 25.1 Å². The van der Waals surface area contributed by atoms with Gasteiger partial charge in [-0.1, -0.05) is 42.5 Å². The molecule has 0 saturated carbocycles. The first-order valence-electron chi connectivity index (χ1n) is 8.63. The molecule has 0 aromatic heterocycles. The van der Waals surface area contributed by atoms with Crippen LogP contribution < -0.4 is 10.2 Å². The zero-order valence-electron chi connectivity index (χ0n) is 14.0. The lowest BCUT2D eigenvalue weighted by Crippen LogP contribution is -3.08. The molecule has 4 heteroatoms. The zero-order chi connectivity index (χ0) is 16.6. The van der Waals surface area contributed by atoms with Crippen molar-refractivity contribution >= 4 is 23.4 Å². The second-order valence-corrected chi connectivity index (χ2v) is 7.34. The van der Waals surface area contributed by atoms with Crippen LogP contribution in [0.1, 0.15) is 24.0 Å². The fourth-order valence-electron chi connectivity index (χ4n) is 3.08. The van der Waals surface area contributed by atoms with Crippen molar-refractivity contribution in [1.29, 1.82) is 0 Å². The van der Waals surface area contributed by atoms with E-state index in [1.165, 1.54) is 37.1 Å². The van der Waals surface area contributed by atoms with Gasteiger partial charge in [0.2, 0.25) is 5.91 Å². The summed E-state index contributed by atoms with van der Waals surface area (Å²) in [6.45, 7) is 3.68. The van der Waals surface area contributed by atoms with Crippen molar-refractivity contribution < 1.29 is 9.69 Å². The van der Waals surface area contributed by atoms with Crippen molar-refractivity contribution in [2.24, 2.45) is 0 Å². The molecule has 1 aliphatic heterocycles. The Labute approximate surface area is 148 Å². The average Bonchev–Trinajstić information content (AvgIpc) is 3.11. The van der Waals surface area contributed by atoms with Crippen LogP contribution in [0.4, 0.5) is 5.69 Å². The quantitative estimate of drug-likeness (QED) is 0.812. The molecule has 1 heterocycles. The van der Waals surface area contributed by atoms with Crippen LogP contribution in [0.3, 0.4) is 0 Å². The lowest BCUT2D eigenvalue weighted by Gasteiger charge is -2.12. The Morgan fingerprint density at radius 2 is 1.67 bits per heavy atom. The van der Waals surface area contributed by atoms with E-state index in [4.69, 9.17) is 0 Å². The lowest BCUT2D eigenvalue weighted by atomic mass is 10.2. The van der Waals surface area contributed by atoms with Gasteiger partial charge in [0.05, 0.1) is 18.8 Å². The van der Waals surface area contributed by atoms with Crippen LogP contribution in [0, 0.1) is 0 Å². The minimum absolute atomic E-state index is 0.0637. The van der Waals surface area contributed by atoms with Crippen LogP contribution in [0.5, 0.6) is 0 Å². The number of thioether (sulfide) groups is 1. The molecule has 0 radical (unpaired) electrons. The highest BCUT2D eigenvalue weighted by molar-refractivity contribution is 7.99. The number of amides is 1. The first kappa shape index (κ1) is 17.1. The van der Waals surface area contributed by atoms with Crippen LogP contribution in [0.25, 0.3) is 0 Å². The molecule has 2 aromatic carbocycles. The third-order valence-electron chi connectivity index (χ3n) is 4.35. The standard InChI is InChI=1S/C20H24N2OS/c23-20(16-24-15-18-6-2-1-3-7-18)21-19-10-8-17(9-11-19)14-22-12-4-5-13-22/h1-3,6-11H,4-5,12-16H2,(H,21,23)/p+1. The molecule has 2 aromatic rings. The van der Waals surface area contributed by atoms with Crippen molar-refractivity contribution in [3.05, 3.63) is 65.7 Å². The van der Waals surface area contributed by atoms with Crippen LogP contribution in [0.15, 0.2) is 54.6 Å². The topological polar surface area (TPSA) is 33.5 Å². The molecular formula is C20H25N2OS+. The van der Waals surface area contributed by atoms with Gasteiger partial charge < -0.3 is 10.2 Å². The van der Waals surface area contributed by atoms with Crippen LogP contribution >= 0.6 is 11.8 Å². The summed E-state index contributed by atoms with van der Waals surface area (Å²) in [6.07, 6.45) is 2.70. The normalized spacial score (nSPS) is 14.7. The Morgan fingerprint density at radius 1 is 0.958 bits per heavy atom. The van der Waals surface area contributed by atoms with E-state index in [-0.39, 0.29) is 5.91 Å². The molecular weight excluding hydrogens is 316 g/mol. The molecule has 3 nitrogen and oxygen atoms in total. The highest BCUT2D eigenvalue weighted by Crippen LogP contribution is 2.13. The summed E-state index contributed by atoms with van der Waals surface area (Å²) in [5.41, 5.74) is 3.49. The number of benzene rings is 2. The zero-order valence-corrected chi connectivity index (χ0v) is 14.8. The summed E-state index contributed by atoms with van der Waals surface area (Å²) >= 11 is 1.64. The Kier molecular flexibility index (Phi) is 6.33. The number of quaternary nitrogens is 1. The Hall–Kier alpha value is -1.78. The fraction of sp³-hybridized carbons (Fsp3) is 0.350. The van der Waals surface area contributed by atoms with Gasteiger partial charge in [0.15, 0.2) is 0 Å². The number of likely N-dealkylation sites (tertiary alicyclic amines) is 1. The highest BCUT2D eigenvalue weighted by atomic mass is 32.2. The number of carbonyl (C=O) groups is 1. The van der Waals surface area contributed by atoms with E-state index in [1.807, 2.05) is 30.3 Å². The van der Waals surface area contributed by atoms with Gasteiger partial charge in [0, 0.05) is 29.8 Å². The smallest absolute Gasteiger partial charge is 0.234 e. The summed E-state index contributed by atoms with van der Waals surface area (Å²) in [4.78, 5) is 13.7. The van der Waals surface area contributed by atoms with E-state index >= 15 is 0 Å². The van der Waals surface area contributed by atoms with E-state index in [1.54, 1.807) is 16.7 Å². The number of anilines is 1. The van der Waals surface area contributed by atoms with Crippen LogP contribution in [-0.2, 0) is 17.1 Å². The molecule has 1 amide bonds.